The first-order valence-electron chi connectivity index (χ1n) is 7.01. The molecule has 0 aliphatic carbocycles. The lowest BCUT2D eigenvalue weighted by atomic mass is 10.0. The van der Waals surface area contributed by atoms with Crippen LogP contribution in [0.4, 0.5) is 17.5 Å². The first kappa shape index (κ1) is 16.1. The summed E-state index contributed by atoms with van der Waals surface area (Å²) in [4.78, 5) is 20.9. The van der Waals surface area contributed by atoms with Crippen LogP contribution in [-0.4, -0.2) is 35.0 Å². The van der Waals surface area contributed by atoms with Gasteiger partial charge in [0.15, 0.2) is 0 Å². The summed E-state index contributed by atoms with van der Waals surface area (Å²) in [5, 5.41) is 14.0. The highest BCUT2D eigenvalue weighted by atomic mass is 16.6. The third-order valence-corrected chi connectivity index (χ3v) is 3.48. The molecule has 0 saturated heterocycles. The molecule has 1 rings (SSSR count). The number of hydrogen-bond acceptors (Lipinski definition) is 6. The molecule has 0 atom stereocenters. The molecular formula is C13H23N5O2. The minimum atomic E-state index is -0.426. The zero-order valence-electron chi connectivity index (χ0n) is 12.6. The second-order valence-electron chi connectivity index (χ2n) is 4.63. The van der Waals surface area contributed by atoms with Gasteiger partial charge in [0.2, 0.25) is 11.8 Å². The van der Waals surface area contributed by atoms with E-state index in [2.05, 4.69) is 29.1 Å². The van der Waals surface area contributed by atoms with Gasteiger partial charge < -0.3 is 10.2 Å². The Morgan fingerprint density at radius 1 is 1.40 bits per heavy atom. The Morgan fingerprint density at radius 2 is 2.05 bits per heavy atom. The van der Waals surface area contributed by atoms with E-state index >= 15 is 0 Å². The molecule has 0 amide bonds. The fourth-order valence-electron chi connectivity index (χ4n) is 2.07. The van der Waals surface area contributed by atoms with Crippen LogP contribution >= 0.6 is 0 Å². The number of nitrogens with one attached hydrogen (secondary N) is 1. The van der Waals surface area contributed by atoms with Crippen molar-refractivity contribution in [2.75, 3.05) is 30.4 Å². The van der Waals surface area contributed by atoms with Crippen LogP contribution in [0, 0.1) is 16.0 Å². The molecule has 112 valence electrons. The summed E-state index contributed by atoms with van der Waals surface area (Å²) in [6.45, 7) is 7.69. The first-order valence-corrected chi connectivity index (χ1v) is 7.01. The lowest BCUT2D eigenvalue weighted by Gasteiger charge is -2.26. The van der Waals surface area contributed by atoms with Crippen molar-refractivity contribution in [3.63, 3.8) is 0 Å². The van der Waals surface area contributed by atoms with Crippen LogP contribution in [0.1, 0.15) is 33.6 Å². The van der Waals surface area contributed by atoms with Gasteiger partial charge in [0.1, 0.15) is 6.20 Å². The largest absolute Gasteiger partial charge is 0.357 e. The van der Waals surface area contributed by atoms with E-state index in [4.69, 9.17) is 0 Å². The van der Waals surface area contributed by atoms with Crippen LogP contribution in [0.25, 0.3) is 0 Å². The SMILES string of the molecule is CCC(CC)CN(CC)c1nc(NC)ncc1[N+](=O)[O-]. The molecule has 0 radical (unpaired) electrons. The standard InChI is InChI=1S/C13H23N5O2/c1-5-10(6-2)9-17(7-3)12-11(18(19)20)8-15-13(14-4)16-12/h8,10H,5-7,9H2,1-4H3,(H,14,15,16). The predicted molar refractivity (Wildman–Crippen MR) is 80.2 cm³/mol. The lowest BCUT2D eigenvalue weighted by molar-refractivity contribution is -0.384. The summed E-state index contributed by atoms with van der Waals surface area (Å²) >= 11 is 0. The number of hydrogen-bond donors (Lipinski definition) is 1. The fourth-order valence-corrected chi connectivity index (χ4v) is 2.07. The topological polar surface area (TPSA) is 84.2 Å². The maximum atomic E-state index is 11.1. The number of aromatic nitrogens is 2. The summed E-state index contributed by atoms with van der Waals surface area (Å²) < 4.78 is 0. The van der Waals surface area contributed by atoms with Crippen LogP contribution in [0.3, 0.4) is 0 Å². The van der Waals surface area contributed by atoms with Gasteiger partial charge in [-0.05, 0) is 12.8 Å². The molecule has 0 aliphatic rings. The first-order chi connectivity index (χ1) is 9.57. The monoisotopic (exact) mass is 281 g/mol. The maximum absolute atomic E-state index is 11.1. The van der Waals surface area contributed by atoms with E-state index in [9.17, 15) is 10.1 Å². The Morgan fingerprint density at radius 3 is 2.50 bits per heavy atom. The Bertz CT molecular complexity index is 448. The Hall–Kier alpha value is -1.92. The highest BCUT2D eigenvalue weighted by molar-refractivity contribution is 5.58. The predicted octanol–water partition coefficient (Wildman–Crippen LogP) is 2.69. The molecule has 0 spiro atoms. The van der Waals surface area contributed by atoms with Crippen LogP contribution in [0.15, 0.2) is 6.20 Å². The van der Waals surface area contributed by atoms with E-state index in [1.807, 2.05) is 11.8 Å². The van der Waals surface area contributed by atoms with E-state index in [1.54, 1.807) is 7.05 Å². The molecule has 0 aliphatic heterocycles. The van der Waals surface area contributed by atoms with Crippen LogP contribution < -0.4 is 10.2 Å². The van der Waals surface area contributed by atoms with Crippen molar-refractivity contribution in [2.24, 2.45) is 5.92 Å². The molecule has 0 unspecified atom stereocenters. The number of nitrogens with zero attached hydrogens (tertiary/aromatic N) is 4. The molecule has 0 saturated carbocycles. The number of anilines is 2. The van der Waals surface area contributed by atoms with Gasteiger partial charge in [-0.25, -0.2) is 4.98 Å². The van der Waals surface area contributed by atoms with E-state index in [0.29, 0.717) is 24.2 Å². The highest BCUT2D eigenvalue weighted by Gasteiger charge is 2.23. The second kappa shape index (κ2) is 7.62. The van der Waals surface area contributed by atoms with Crippen molar-refractivity contribution in [2.45, 2.75) is 33.6 Å². The van der Waals surface area contributed by atoms with E-state index in [1.165, 1.54) is 6.20 Å². The molecule has 20 heavy (non-hydrogen) atoms. The summed E-state index contributed by atoms with van der Waals surface area (Å²) in [7, 11) is 1.70. The van der Waals surface area contributed by atoms with Crippen molar-refractivity contribution in [1.29, 1.82) is 0 Å². The summed E-state index contributed by atoms with van der Waals surface area (Å²) in [5.41, 5.74) is -0.0446. The minimum Gasteiger partial charge on any atom is -0.357 e. The average Bonchev–Trinajstić information content (AvgIpc) is 2.48. The van der Waals surface area contributed by atoms with Crippen LogP contribution in [0.2, 0.25) is 0 Å². The molecule has 1 N–H and O–H groups in total. The molecule has 0 aromatic carbocycles. The van der Waals surface area contributed by atoms with Gasteiger partial charge in [-0.15, -0.1) is 0 Å². The summed E-state index contributed by atoms with van der Waals surface area (Å²) in [6, 6.07) is 0. The van der Waals surface area contributed by atoms with Crippen LogP contribution in [-0.2, 0) is 0 Å². The number of nitro groups is 1. The van der Waals surface area contributed by atoms with Gasteiger partial charge in [0.05, 0.1) is 4.92 Å². The highest BCUT2D eigenvalue weighted by Crippen LogP contribution is 2.27. The van der Waals surface area contributed by atoms with Crippen molar-refractivity contribution >= 4 is 17.5 Å². The van der Waals surface area contributed by atoms with Crippen molar-refractivity contribution in [3.05, 3.63) is 16.3 Å². The Kier molecular flexibility index (Phi) is 6.14. The average molecular weight is 281 g/mol. The normalized spacial score (nSPS) is 10.7. The van der Waals surface area contributed by atoms with Crippen LogP contribution in [0.5, 0.6) is 0 Å². The Balaban J connectivity index is 3.14. The lowest BCUT2D eigenvalue weighted by Crippen LogP contribution is -2.30. The molecule has 0 fully saturated rings. The molecule has 1 aromatic heterocycles. The molecule has 1 aromatic rings. The third-order valence-electron chi connectivity index (χ3n) is 3.48. The smallest absolute Gasteiger partial charge is 0.329 e. The molecule has 1 heterocycles. The van der Waals surface area contributed by atoms with Crippen molar-refractivity contribution < 1.29 is 4.92 Å². The molecule has 7 heteroatoms. The quantitative estimate of drug-likeness (QED) is 0.582. The molecular weight excluding hydrogens is 258 g/mol. The second-order valence-corrected chi connectivity index (χ2v) is 4.63. The number of rotatable bonds is 8. The van der Waals surface area contributed by atoms with Gasteiger partial charge in [0, 0.05) is 20.1 Å². The fraction of sp³-hybridized carbons (Fsp3) is 0.692. The zero-order chi connectivity index (χ0) is 15.1. The Labute approximate surface area is 119 Å². The minimum absolute atomic E-state index is 0.0446. The van der Waals surface area contributed by atoms with Gasteiger partial charge in [0.25, 0.3) is 0 Å². The van der Waals surface area contributed by atoms with Crippen molar-refractivity contribution in [1.82, 2.24) is 9.97 Å². The van der Waals surface area contributed by atoms with E-state index < -0.39 is 4.92 Å². The molecule has 7 nitrogen and oxygen atoms in total. The van der Waals surface area contributed by atoms with E-state index in [0.717, 1.165) is 19.4 Å². The molecule has 0 bridgehead atoms. The van der Waals surface area contributed by atoms with E-state index in [-0.39, 0.29) is 5.69 Å². The van der Waals surface area contributed by atoms with Crippen molar-refractivity contribution in [3.8, 4) is 0 Å². The maximum Gasteiger partial charge on any atom is 0.329 e. The van der Waals surface area contributed by atoms with Gasteiger partial charge >= 0.3 is 5.69 Å². The summed E-state index contributed by atoms with van der Waals surface area (Å²) in [5.74, 6) is 1.29. The van der Waals surface area contributed by atoms with Gasteiger partial charge in [-0.3, -0.25) is 10.1 Å². The zero-order valence-corrected chi connectivity index (χ0v) is 12.6. The van der Waals surface area contributed by atoms with Gasteiger partial charge in [-0.2, -0.15) is 4.98 Å². The summed E-state index contributed by atoms with van der Waals surface area (Å²) in [6.07, 6.45) is 3.36. The third kappa shape index (κ3) is 3.79. The van der Waals surface area contributed by atoms with Gasteiger partial charge in [-0.1, -0.05) is 26.7 Å².